The Balaban J connectivity index is 2.21. The number of carbonyl (C=O) groups excluding carboxylic acids is 1. The maximum absolute atomic E-state index is 12.4. The summed E-state index contributed by atoms with van der Waals surface area (Å²) in [5.74, 6) is 1.11. The molecule has 0 aliphatic heterocycles. The van der Waals surface area contributed by atoms with Gasteiger partial charge >= 0.3 is 5.97 Å². The number of nitrogens with one attached hydrogen (secondary N) is 1. The third kappa shape index (κ3) is 2.80. The van der Waals surface area contributed by atoms with Crippen LogP contribution < -0.4 is 9.47 Å². The minimum atomic E-state index is -0.376. The first kappa shape index (κ1) is 15.9. The van der Waals surface area contributed by atoms with E-state index in [1.54, 1.807) is 21.1 Å². The summed E-state index contributed by atoms with van der Waals surface area (Å²) in [7, 11) is 3.23. The van der Waals surface area contributed by atoms with Gasteiger partial charge < -0.3 is 19.2 Å². The summed E-state index contributed by atoms with van der Waals surface area (Å²) in [6.07, 6.45) is 0. The van der Waals surface area contributed by atoms with E-state index in [2.05, 4.69) is 4.98 Å². The number of H-pyrrole nitrogens is 1. The Kier molecular flexibility index (Phi) is 4.42. The molecular formula is C19H19NO4. The summed E-state index contributed by atoms with van der Waals surface area (Å²) in [4.78, 5) is 15.5. The van der Waals surface area contributed by atoms with Crippen LogP contribution in [0, 0.1) is 0 Å². The summed E-state index contributed by atoms with van der Waals surface area (Å²) in [6.45, 7) is 2.11. The SMILES string of the molecule is CCOC(=O)c1[nH]c2cc(OC)ccc2c1-c1ccc(OC)cc1. The number of fused-ring (bicyclic) bond motifs is 1. The number of benzene rings is 2. The van der Waals surface area contributed by atoms with Crippen molar-refractivity contribution in [3.05, 3.63) is 48.2 Å². The Morgan fingerprint density at radius 2 is 1.67 bits per heavy atom. The Hall–Kier alpha value is -2.95. The van der Waals surface area contributed by atoms with E-state index in [9.17, 15) is 4.79 Å². The maximum atomic E-state index is 12.4. The van der Waals surface area contributed by atoms with Crippen LogP contribution in [-0.4, -0.2) is 31.8 Å². The van der Waals surface area contributed by atoms with Gasteiger partial charge in [0.05, 0.1) is 26.3 Å². The fourth-order valence-electron chi connectivity index (χ4n) is 2.72. The summed E-state index contributed by atoms with van der Waals surface area (Å²) in [5, 5.41) is 0.934. The molecule has 0 saturated heterocycles. The number of aromatic amines is 1. The topological polar surface area (TPSA) is 60.6 Å². The van der Waals surface area contributed by atoms with Gasteiger partial charge in [0.1, 0.15) is 17.2 Å². The van der Waals surface area contributed by atoms with E-state index in [1.165, 1.54) is 0 Å². The van der Waals surface area contributed by atoms with Crippen molar-refractivity contribution in [1.29, 1.82) is 0 Å². The number of hydrogen-bond donors (Lipinski definition) is 1. The molecule has 0 fully saturated rings. The molecule has 0 bridgehead atoms. The molecular weight excluding hydrogens is 306 g/mol. The van der Waals surface area contributed by atoms with Crippen molar-refractivity contribution in [2.75, 3.05) is 20.8 Å². The van der Waals surface area contributed by atoms with Crippen LogP contribution in [0.25, 0.3) is 22.0 Å². The predicted molar refractivity (Wildman–Crippen MR) is 92.8 cm³/mol. The second-order valence-electron chi connectivity index (χ2n) is 5.24. The molecule has 0 aliphatic rings. The number of hydrogen-bond acceptors (Lipinski definition) is 4. The molecule has 0 atom stereocenters. The molecule has 1 aromatic heterocycles. The highest BCUT2D eigenvalue weighted by atomic mass is 16.5. The monoisotopic (exact) mass is 325 g/mol. The maximum Gasteiger partial charge on any atom is 0.355 e. The quantitative estimate of drug-likeness (QED) is 0.720. The van der Waals surface area contributed by atoms with Crippen LogP contribution in [0.2, 0.25) is 0 Å². The van der Waals surface area contributed by atoms with Crippen LogP contribution in [0.15, 0.2) is 42.5 Å². The van der Waals surface area contributed by atoms with E-state index < -0.39 is 0 Å². The van der Waals surface area contributed by atoms with Gasteiger partial charge in [-0.3, -0.25) is 0 Å². The number of rotatable bonds is 5. The molecule has 0 aliphatic carbocycles. The van der Waals surface area contributed by atoms with Crippen molar-refractivity contribution in [2.24, 2.45) is 0 Å². The first-order chi connectivity index (χ1) is 11.7. The van der Waals surface area contributed by atoms with Crippen LogP contribution in [0.4, 0.5) is 0 Å². The average molecular weight is 325 g/mol. The molecule has 1 heterocycles. The van der Waals surface area contributed by atoms with Crippen molar-refractivity contribution in [3.63, 3.8) is 0 Å². The molecule has 24 heavy (non-hydrogen) atoms. The van der Waals surface area contributed by atoms with Gasteiger partial charge in [0, 0.05) is 17.0 Å². The number of ether oxygens (including phenoxy) is 3. The smallest absolute Gasteiger partial charge is 0.355 e. The summed E-state index contributed by atoms with van der Waals surface area (Å²) in [5.41, 5.74) is 2.98. The van der Waals surface area contributed by atoms with Crippen LogP contribution in [0.3, 0.4) is 0 Å². The Labute approximate surface area is 140 Å². The second-order valence-corrected chi connectivity index (χ2v) is 5.24. The number of esters is 1. The largest absolute Gasteiger partial charge is 0.497 e. The highest BCUT2D eigenvalue weighted by molar-refractivity contribution is 6.08. The van der Waals surface area contributed by atoms with Gasteiger partial charge in [-0.1, -0.05) is 12.1 Å². The zero-order valence-corrected chi connectivity index (χ0v) is 13.9. The van der Waals surface area contributed by atoms with Crippen molar-refractivity contribution in [2.45, 2.75) is 6.92 Å². The summed E-state index contributed by atoms with van der Waals surface area (Å²) < 4.78 is 15.7. The zero-order chi connectivity index (χ0) is 17.1. The van der Waals surface area contributed by atoms with Crippen molar-refractivity contribution in [3.8, 4) is 22.6 Å². The molecule has 5 nitrogen and oxygen atoms in total. The third-order valence-electron chi connectivity index (χ3n) is 3.86. The minimum Gasteiger partial charge on any atom is -0.497 e. The second kappa shape index (κ2) is 6.66. The lowest BCUT2D eigenvalue weighted by Gasteiger charge is -2.06. The molecule has 0 amide bonds. The van der Waals surface area contributed by atoms with E-state index >= 15 is 0 Å². The Morgan fingerprint density at radius 3 is 2.29 bits per heavy atom. The fourth-order valence-corrected chi connectivity index (χ4v) is 2.72. The molecule has 0 saturated carbocycles. The van der Waals surface area contributed by atoms with Gasteiger partial charge in [-0.2, -0.15) is 0 Å². The van der Waals surface area contributed by atoms with Gasteiger partial charge in [-0.05, 0) is 36.8 Å². The molecule has 5 heteroatoms. The Morgan fingerprint density at radius 1 is 1.00 bits per heavy atom. The van der Waals surface area contributed by atoms with Gasteiger partial charge in [-0.15, -0.1) is 0 Å². The van der Waals surface area contributed by atoms with Crippen LogP contribution in [0.1, 0.15) is 17.4 Å². The zero-order valence-electron chi connectivity index (χ0n) is 13.9. The highest BCUT2D eigenvalue weighted by Gasteiger charge is 2.20. The fraction of sp³-hybridized carbons (Fsp3) is 0.211. The first-order valence-corrected chi connectivity index (χ1v) is 7.69. The molecule has 0 spiro atoms. The average Bonchev–Trinajstić information content (AvgIpc) is 3.00. The van der Waals surface area contributed by atoms with E-state index in [-0.39, 0.29) is 5.97 Å². The lowest BCUT2D eigenvalue weighted by atomic mass is 10.0. The molecule has 3 aromatic rings. The van der Waals surface area contributed by atoms with Crippen LogP contribution >= 0.6 is 0 Å². The van der Waals surface area contributed by atoms with Crippen LogP contribution in [0.5, 0.6) is 11.5 Å². The van der Waals surface area contributed by atoms with E-state index in [4.69, 9.17) is 14.2 Å². The first-order valence-electron chi connectivity index (χ1n) is 7.69. The number of aromatic nitrogens is 1. The van der Waals surface area contributed by atoms with Crippen molar-refractivity contribution < 1.29 is 19.0 Å². The molecule has 1 N–H and O–H groups in total. The van der Waals surface area contributed by atoms with E-state index in [0.717, 1.165) is 33.5 Å². The molecule has 0 radical (unpaired) electrons. The predicted octanol–water partition coefficient (Wildman–Crippen LogP) is 4.03. The molecule has 0 unspecified atom stereocenters. The standard InChI is InChI=1S/C19H19NO4/c1-4-24-19(21)18-17(12-5-7-13(22-2)8-6-12)15-10-9-14(23-3)11-16(15)20-18/h5-11,20H,4H2,1-3H3. The van der Waals surface area contributed by atoms with E-state index in [0.29, 0.717) is 12.3 Å². The third-order valence-corrected chi connectivity index (χ3v) is 3.86. The van der Waals surface area contributed by atoms with Gasteiger partial charge in [0.15, 0.2) is 0 Å². The lowest BCUT2D eigenvalue weighted by Crippen LogP contribution is -2.06. The van der Waals surface area contributed by atoms with E-state index in [1.807, 2.05) is 42.5 Å². The van der Waals surface area contributed by atoms with Gasteiger partial charge in [0.25, 0.3) is 0 Å². The van der Waals surface area contributed by atoms with Crippen molar-refractivity contribution >= 4 is 16.9 Å². The van der Waals surface area contributed by atoms with Crippen LogP contribution in [-0.2, 0) is 4.74 Å². The number of carbonyl (C=O) groups is 1. The van der Waals surface area contributed by atoms with Gasteiger partial charge in [-0.25, -0.2) is 4.79 Å². The minimum absolute atomic E-state index is 0.319. The molecule has 2 aromatic carbocycles. The Bertz CT molecular complexity index is 865. The molecule has 3 rings (SSSR count). The molecule has 124 valence electrons. The normalized spacial score (nSPS) is 10.6. The van der Waals surface area contributed by atoms with Gasteiger partial charge in [0.2, 0.25) is 0 Å². The van der Waals surface area contributed by atoms with Crippen molar-refractivity contribution in [1.82, 2.24) is 4.98 Å². The summed E-state index contributed by atoms with van der Waals surface area (Å²) >= 11 is 0. The highest BCUT2D eigenvalue weighted by Crippen LogP contribution is 2.35. The number of methoxy groups -OCH3 is 2. The lowest BCUT2D eigenvalue weighted by molar-refractivity contribution is 0.0521. The summed E-state index contributed by atoms with van der Waals surface area (Å²) in [6, 6.07) is 13.3.